The van der Waals surface area contributed by atoms with Gasteiger partial charge in [-0.2, -0.15) is 0 Å². The summed E-state index contributed by atoms with van der Waals surface area (Å²) in [5, 5.41) is 9.63. The average molecular weight is 273 g/mol. The highest BCUT2D eigenvalue weighted by molar-refractivity contribution is 6.33. The van der Waals surface area contributed by atoms with Gasteiger partial charge in [-0.15, -0.1) is 0 Å². The molecule has 0 aliphatic heterocycles. The summed E-state index contributed by atoms with van der Waals surface area (Å²) in [5.74, 6) is -0.601. The van der Waals surface area contributed by atoms with Crippen LogP contribution in [0.1, 0.15) is 29.5 Å². The van der Waals surface area contributed by atoms with Crippen molar-refractivity contribution in [3.63, 3.8) is 0 Å². The van der Waals surface area contributed by atoms with E-state index in [1.54, 1.807) is 20.8 Å². The number of methoxy groups -OCH3 is 2. The van der Waals surface area contributed by atoms with Gasteiger partial charge < -0.3 is 14.6 Å². The highest BCUT2D eigenvalue weighted by Crippen LogP contribution is 2.44. The van der Waals surface area contributed by atoms with Gasteiger partial charge >= 0.3 is 5.97 Å². The molecule has 100 valence electrons. The monoisotopic (exact) mass is 272 g/mol. The fraction of sp³-hybridized carbons (Fsp3) is 0.462. The molecule has 5 heteroatoms. The smallest absolute Gasteiger partial charge is 0.310 e. The lowest BCUT2D eigenvalue weighted by Gasteiger charge is -2.21. The summed E-state index contributed by atoms with van der Waals surface area (Å²) < 4.78 is 10.6. The minimum atomic E-state index is -0.917. The normalized spacial score (nSPS) is 12.1. The number of aliphatic carboxylic acids is 1. The van der Waals surface area contributed by atoms with Crippen molar-refractivity contribution < 1.29 is 19.4 Å². The lowest BCUT2D eigenvalue weighted by molar-refractivity contribution is -0.138. The van der Waals surface area contributed by atoms with E-state index in [-0.39, 0.29) is 0 Å². The molecule has 1 aromatic rings. The molecule has 1 aromatic carbocycles. The molecule has 1 rings (SSSR count). The SMILES string of the molecule is COc1c(C)c(C(C)C(=O)O)c(OC)c(C)c1Cl. The predicted molar refractivity (Wildman–Crippen MR) is 70.1 cm³/mol. The third-order valence-corrected chi connectivity index (χ3v) is 3.53. The molecule has 0 spiro atoms. The minimum Gasteiger partial charge on any atom is -0.496 e. The van der Waals surface area contributed by atoms with Gasteiger partial charge in [0.25, 0.3) is 0 Å². The van der Waals surface area contributed by atoms with Crippen LogP contribution in [0, 0.1) is 13.8 Å². The number of hydrogen-bond donors (Lipinski definition) is 1. The Balaban J connectivity index is 3.67. The molecule has 0 heterocycles. The van der Waals surface area contributed by atoms with Gasteiger partial charge in [-0.25, -0.2) is 0 Å². The number of ether oxygens (including phenoxy) is 2. The van der Waals surface area contributed by atoms with Crippen molar-refractivity contribution in [3.8, 4) is 11.5 Å². The molecule has 0 fully saturated rings. The van der Waals surface area contributed by atoms with E-state index in [0.717, 1.165) is 0 Å². The van der Waals surface area contributed by atoms with E-state index < -0.39 is 11.9 Å². The van der Waals surface area contributed by atoms with E-state index in [2.05, 4.69) is 0 Å². The van der Waals surface area contributed by atoms with Crippen molar-refractivity contribution in [1.29, 1.82) is 0 Å². The van der Waals surface area contributed by atoms with Gasteiger partial charge in [0.05, 0.1) is 25.2 Å². The average Bonchev–Trinajstić information content (AvgIpc) is 2.33. The van der Waals surface area contributed by atoms with Crippen molar-refractivity contribution in [2.45, 2.75) is 26.7 Å². The maximum atomic E-state index is 11.2. The minimum absolute atomic E-state index is 0.452. The lowest BCUT2D eigenvalue weighted by atomic mass is 9.92. The van der Waals surface area contributed by atoms with E-state index in [0.29, 0.717) is 33.2 Å². The zero-order chi connectivity index (χ0) is 14.0. The molecule has 1 atom stereocenters. The Kier molecular flexibility index (Phi) is 4.46. The van der Waals surface area contributed by atoms with Gasteiger partial charge in [-0.1, -0.05) is 11.6 Å². The first-order valence-electron chi connectivity index (χ1n) is 5.50. The number of rotatable bonds is 4. The van der Waals surface area contributed by atoms with Gasteiger partial charge in [0.2, 0.25) is 0 Å². The third-order valence-electron chi connectivity index (χ3n) is 3.07. The second-order valence-corrected chi connectivity index (χ2v) is 4.48. The molecule has 1 N–H and O–H groups in total. The molecule has 0 aromatic heterocycles. The zero-order valence-corrected chi connectivity index (χ0v) is 11.9. The second kappa shape index (κ2) is 5.48. The molecule has 0 radical (unpaired) electrons. The summed E-state index contributed by atoms with van der Waals surface area (Å²) in [6, 6.07) is 0. The van der Waals surface area contributed by atoms with Gasteiger partial charge in [0, 0.05) is 16.7 Å². The van der Waals surface area contributed by atoms with Gasteiger partial charge in [-0.05, 0) is 20.8 Å². The van der Waals surface area contributed by atoms with Crippen LogP contribution >= 0.6 is 11.6 Å². The first-order chi connectivity index (χ1) is 8.36. The molecule has 0 saturated carbocycles. The van der Waals surface area contributed by atoms with Crippen LogP contribution < -0.4 is 9.47 Å². The Hall–Kier alpha value is -1.42. The van der Waals surface area contributed by atoms with E-state index in [4.69, 9.17) is 21.1 Å². The summed E-state index contributed by atoms with van der Waals surface area (Å²) in [7, 11) is 3.01. The van der Waals surface area contributed by atoms with Crippen molar-refractivity contribution >= 4 is 17.6 Å². The lowest BCUT2D eigenvalue weighted by Crippen LogP contribution is -2.12. The summed E-state index contributed by atoms with van der Waals surface area (Å²) in [4.78, 5) is 11.2. The van der Waals surface area contributed by atoms with Crippen LogP contribution in [0.3, 0.4) is 0 Å². The Morgan fingerprint density at radius 2 is 1.67 bits per heavy atom. The van der Waals surface area contributed by atoms with Crippen LogP contribution in [0.25, 0.3) is 0 Å². The molecule has 0 aliphatic rings. The molecule has 0 bridgehead atoms. The predicted octanol–water partition coefficient (Wildman–Crippen LogP) is 3.16. The van der Waals surface area contributed by atoms with Crippen molar-refractivity contribution in [3.05, 3.63) is 21.7 Å². The fourth-order valence-electron chi connectivity index (χ4n) is 2.08. The first-order valence-corrected chi connectivity index (χ1v) is 5.87. The summed E-state index contributed by atoms with van der Waals surface area (Å²) in [5.41, 5.74) is 1.98. The first kappa shape index (κ1) is 14.6. The standard InChI is InChI=1S/C13H17ClO4/c1-6-9(7(2)13(15)16)11(17-4)8(3)10(14)12(6)18-5/h7H,1-5H3,(H,15,16). The summed E-state index contributed by atoms with van der Waals surface area (Å²) in [6.07, 6.45) is 0. The topological polar surface area (TPSA) is 55.8 Å². The van der Waals surface area contributed by atoms with E-state index in [1.807, 2.05) is 0 Å². The van der Waals surface area contributed by atoms with Crippen LogP contribution in [-0.4, -0.2) is 25.3 Å². The largest absolute Gasteiger partial charge is 0.496 e. The highest BCUT2D eigenvalue weighted by atomic mass is 35.5. The maximum absolute atomic E-state index is 11.2. The highest BCUT2D eigenvalue weighted by Gasteiger charge is 2.26. The van der Waals surface area contributed by atoms with Crippen LogP contribution in [0.5, 0.6) is 11.5 Å². The maximum Gasteiger partial charge on any atom is 0.310 e. The molecular weight excluding hydrogens is 256 g/mol. The number of carbonyl (C=O) groups is 1. The molecule has 0 aliphatic carbocycles. The molecular formula is C13H17ClO4. The molecule has 4 nitrogen and oxygen atoms in total. The summed E-state index contributed by atoms with van der Waals surface area (Å²) >= 11 is 6.19. The Morgan fingerprint density at radius 1 is 1.17 bits per heavy atom. The van der Waals surface area contributed by atoms with Crippen LogP contribution in [0.15, 0.2) is 0 Å². The number of hydrogen-bond acceptors (Lipinski definition) is 3. The molecule has 0 amide bonds. The quantitative estimate of drug-likeness (QED) is 0.915. The van der Waals surface area contributed by atoms with Gasteiger partial charge in [-0.3, -0.25) is 4.79 Å². The Bertz CT molecular complexity index is 483. The fourth-order valence-corrected chi connectivity index (χ4v) is 2.38. The number of halogens is 1. The number of carboxylic acids is 1. The summed E-state index contributed by atoms with van der Waals surface area (Å²) in [6.45, 7) is 5.17. The van der Waals surface area contributed by atoms with Gasteiger partial charge in [0.1, 0.15) is 11.5 Å². The van der Waals surface area contributed by atoms with E-state index in [9.17, 15) is 9.90 Å². The van der Waals surface area contributed by atoms with Crippen molar-refractivity contribution in [2.75, 3.05) is 14.2 Å². The van der Waals surface area contributed by atoms with Crippen LogP contribution in [-0.2, 0) is 4.79 Å². The van der Waals surface area contributed by atoms with E-state index >= 15 is 0 Å². The third kappa shape index (κ3) is 2.25. The second-order valence-electron chi connectivity index (χ2n) is 4.10. The van der Waals surface area contributed by atoms with Crippen molar-refractivity contribution in [1.82, 2.24) is 0 Å². The van der Waals surface area contributed by atoms with Gasteiger partial charge in [0.15, 0.2) is 0 Å². The van der Waals surface area contributed by atoms with Crippen molar-refractivity contribution in [2.24, 2.45) is 0 Å². The van der Waals surface area contributed by atoms with Crippen LogP contribution in [0.2, 0.25) is 5.02 Å². The number of carboxylic acid groups (broad SMARTS) is 1. The molecule has 18 heavy (non-hydrogen) atoms. The zero-order valence-electron chi connectivity index (χ0n) is 11.1. The molecule has 0 saturated heterocycles. The Morgan fingerprint density at radius 3 is 2.06 bits per heavy atom. The van der Waals surface area contributed by atoms with E-state index in [1.165, 1.54) is 14.2 Å². The number of benzene rings is 1. The molecule has 1 unspecified atom stereocenters. The van der Waals surface area contributed by atoms with Crippen LogP contribution in [0.4, 0.5) is 0 Å². The Labute approximate surface area is 111 Å².